The molecular formula is C14H19FN4O. The van der Waals surface area contributed by atoms with Crippen LogP contribution in [-0.2, 0) is 4.79 Å². The van der Waals surface area contributed by atoms with Crippen molar-refractivity contribution in [1.29, 1.82) is 0 Å². The molecular weight excluding hydrogens is 259 g/mol. The van der Waals surface area contributed by atoms with Crippen LogP contribution in [0.1, 0.15) is 39.0 Å². The third-order valence-electron chi connectivity index (χ3n) is 4.47. The number of hydrogen-bond acceptors (Lipinski definition) is 4. The van der Waals surface area contributed by atoms with Gasteiger partial charge in [-0.1, -0.05) is 6.92 Å². The minimum atomic E-state index is -0.428. The second kappa shape index (κ2) is 5.00. The zero-order valence-electron chi connectivity index (χ0n) is 11.6. The van der Waals surface area contributed by atoms with Crippen molar-refractivity contribution in [3.63, 3.8) is 0 Å². The standard InChI is InChI=1S/C14H19FN4O/c1-2-11-14(6-4-12(20)18-14)5-3-7-19(11)13-16-8-10(15)9-17-13/h8-9,11H,2-7H2,1H3,(H,18,20)/t11-,14+/m0/s1. The Bertz CT molecular complexity index is 506. The Morgan fingerprint density at radius 1 is 1.45 bits per heavy atom. The smallest absolute Gasteiger partial charge is 0.225 e. The van der Waals surface area contributed by atoms with Crippen molar-refractivity contribution in [2.75, 3.05) is 11.4 Å². The molecule has 108 valence electrons. The molecule has 2 aliphatic rings. The lowest BCUT2D eigenvalue weighted by atomic mass is 9.78. The van der Waals surface area contributed by atoms with Crippen LogP contribution >= 0.6 is 0 Å². The maximum absolute atomic E-state index is 13.0. The van der Waals surface area contributed by atoms with Crippen LogP contribution in [0, 0.1) is 5.82 Å². The van der Waals surface area contributed by atoms with Gasteiger partial charge in [-0.05, 0) is 25.7 Å². The predicted molar refractivity (Wildman–Crippen MR) is 72.8 cm³/mol. The summed E-state index contributed by atoms with van der Waals surface area (Å²) in [7, 11) is 0. The van der Waals surface area contributed by atoms with Crippen molar-refractivity contribution in [1.82, 2.24) is 15.3 Å². The van der Waals surface area contributed by atoms with Gasteiger partial charge in [-0.25, -0.2) is 14.4 Å². The fourth-order valence-electron chi connectivity index (χ4n) is 3.67. The molecule has 2 atom stereocenters. The van der Waals surface area contributed by atoms with E-state index in [2.05, 4.69) is 27.1 Å². The van der Waals surface area contributed by atoms with Gasteiger partial charge in [0.2, 0.25) is 11.9 Å². The highest BCUT2D eigenvalue weighted by Gasteiger charge is 2.48. The van der Waals surface area contributed by atoms with Crippen LogP contribution < -0.4 is 10.2 Å². The first-order valence-corrected chi connectivity index (χ1v) is 7.20. The number of aromatic nitrogens is 2. The van der Waals surface area contributed by atoms with Crippen molar-refractivity contribution >= 4 is 11.9 Å². The lowest BCUT2D eigenvalue weighted by Gasteiger charge is -2.48. The zero-order valence-corrected chi connectivity index (χ0v) is 11.6. The van der Waals surface area contributed by atoms with E-state index in [0.717, 1.165) is 32.2 Å². The summed E-state index contributed by atoms with van der Waals surface area (Å²) in [6.45, 7) is 2.96. The Labute approximate surface area is 117 Å². The van der Waals surface area contributed by atoms with Gasteiger partial charge in [-0.15, -0.1) is 0 Å². The number of carbonyl (C=O) groups excluding carboxylic acids is 1. The highest BCUT2D eigenvalue weighted by Crippen LogP contribution is 2.38. The molecule has 2 fully saturated rings. The van der Waals surface area contributed by atoms with Crippen molar-refractivity contribution in [2.24, 2.45) is 0 Å². The van der Waals surface area contributed by atoms with E-state index in [0.29, 0.717) is 12.4 Å². The summed E-state index contributed by atoms with van der Waals surface area (Å²) in [5.41, 5.74) is -0.165. The van der Waals surface area contributed by atoms with Crippen molar-refractivity contribution < 1.29 is 9.18 Å². The maximum atomic E-state index is 13.0. The van der Waals surface area contributed by atoms with E-state index in [1.165, 1.54) is 12.4 Å². The van der Waals surface area contributed by atoms with Gasteiger partial charge >= 0.3 is 0 Å². The normalized spacial score (nSPS) is 29.8. The summed E-state index contributed by atoms with van der Waals surface area (Å²) in [6.07, 6.45) is 6.73. The van der Waals surface area contributed by atoms with Crippen LogP contribution in [0.5, 0.6) is 0 Å². The summed E-state index contributed by atoms with van der Waals surface area (Å²) >= 11 is 0. The van der Waals surface area contributed by atoms with Crippen LogP contribution in [0.3, 0.4) is 0 Å². The molecule has 6 heteroatoms. The Balaban J connectivity index is 1.90. The van der Waals surface area contributed by atoms with Gasteiger partial charge in [0.1, 0.15) is 0 Å². The molecule has 0 aliphatic carbocycles. The molecule has 2 aliphatic heterocycles. The quantitative estimate of drug-likeness (QED) is 0.893. The second-order valence-corrected chi connectivity index (χ2v) is 5.63. The third-order valence-corrected chi connectivity index (χ3v) is 4.47. The zero-order chi connectivity index (χ0) is 14.2. The van der Waals surface area contributed by atoms with E-state index >= 15 is 0 Å². The number of hydrogen-bond donors (Lipinski definition) is 1. The first-order chi connectivity index (χ1) is 9.64. The average molecular weight is 278 g/mol. The molecule has 0 radical (unpaired) electrons. The van der Waals surface area contributed by atoms with Crippen LogP contribution in [0.25, 0.3) is 0 Å². The van der Waals surface area contributed by atoms with Gasteiger partial charge in [0, 0.05) is 13.0 Å². The highest BCUT2D eigenvalue weighted by molar-refractivity contribution is 5.79. The van der Waals surface area contributed by atoms with Gasteiger partial charge in [-0.2, -0.15) is 0 Å². The van der Waals surface area contributed by atoms with Crippen LogP contribution in [-0.4, -0.2) is 34.0 Å². The Hall–Kier alpha value is -1.72. The molecule has 3 rings (SSSR count). The minimum Gasteiger partial charge on any atom is -0.349 e. The first-order valence-electron chi connectivity index (χ1n) is 7.20. The van der Waals surface area contributed by atoms with Crippen molar-refractivity contribution in [2.45, 2.75) is 50.6 Å². The van der Waals surface area contributed by atoms with Gasteiger partial charge in [0.05, 0.1) is 24.0 Å². The van der Waals surface area contributed by atoms with Crippen molar-refractivity contribution in [3.8, 4) is 0 Å². The Morgan fingerprint density at radius 3 is 2.80 bits per heavy atom. The number of amides is 1. The average Bonchev–Trinajstić information content (AvgIpc) is 2.81. The fraction of sp³-hybridized carbons (Fsp3) is 0.643. The first kappa shape index (κ1) is 13.3. The molecule has 1 amide bonds. The minimum absolute atomic E-state index is 0.130. The lowest BCUT2D eigenvalue weighted by molar-refractivity contribution is -0.120. The van der Waals surface area contributed by atoms with E-state index in [9.17, 15) is 9.18 Å². The van der Waals surface area contributed by atoms with Crippen LogP contribution in [0.2, 0.25) is 0 Å². The lowest BCUT2D eigenvalue weighted by Crippen LogP contribution is -2.62. The molecule has 3 heterocycles. The molecule has 20 heavy (non-hydrogen) atoms. The molecule has 5 nitrogen and oxygen atoms in total. The molecule has 0 aromatic carbocycles. The largest absolute Gasteiger partial charge is 0.349 e. The molecule has 1 aromatic rings. The van der Waals surface area contributed by atoms with Gasteiger partial charge in [0.25, 0.3) is 0 Å². The van der Waals surface area contributed by atoms with E-state index in [1.54, 1.807) is 0 Å². The number of piperidine rings is 1. The van der Waals surface area contributed by atoms with Gasteiger partial charge in [-0.3, -0.25) is 4.79 Å². The fourth-order valence-corrected chi connectivity index (χ4v) is 3.67. The Morgan fingerprint density at radius 2 is 2.20 bits per heavy atom. The number of anilines is 1. The van der Waals surface area contributed by atoms with Crippen molar-refractivity contribution in [3.05, 3.63) is 18.2 Å². The molecule has 1 aromatic heterocycles. The monoisotopic (exact) mass is 278 g/mol. The molecule has 0 unspecified atom stereocenters. The van der Waals surface area contributed by atoms with E-state index < -0.39 is 5.82 Å². The molecule has 0 saturated carbocycles. The summed E-state index contributed by atoms with van der Waals surface area (Å²) in [5.74, 6) is 0.256. The number of carbonyl (C=O) groups is 1. The number of nitrogens with one attached hydrogen (secondary N) is 1. The van der Waals surface area contributed by atoms with E-state index in [4.69, 9.17) is 0 Å². The topological polar surface area (TPSA) is 58.1 Å². The van der Waals surface area contributed by atoms with Gasteiger partial charge < -0.3 is 10.2 Å². The molecule has 2 saturated heterocycles. The summed E-state index contributed by atoms with van der Waals surface area (Å²) in [4.78, 5) is 22.0. The van der Waals surface area contributed by atoms with Crippen LogP contribution in [0.15, 0.2) is 12.4 Å². The second-order valence-electron chi connectivity index (χ2n) is 5.63. The molecule has 1 spiro atoms. The third kappa shape index (κ3) is 2.13. The van der Waals surface area contributed by atoms with Gasteiger partial charge in [0.15, 0.2) is 5.82 Å². The van der Waals surface area contributed by atoms with E-state index in [1.807, 2.05) is 0 Å². The molecule has 0 bridgehead atoms. The SMILES string of the molecule is CC[C@@H]1N(c2ncc(F)cn2)CCC[C@@]12CCC(=O)N2. The Kier molecular flexibility index (Phi) is 3.31. The number of nitrogens with zero attached hydrogens (tertiary/aromatic N) is 3. The molecule has 1 N–H and O–H groups in total. The van der Waals surface area contributed by atoms with Crippen LogP contribution in [0.4, 0.5) is 10.3 Å². The number of halogens is 1. The summed E-state index contributed by atoms with van der Waals surface area (Å²) < 4.78 is 13.0. The highest BCUT2D eigenvalue weighted by atomic mass is 19.1. The summed E-state index contributed by atoms with van der Waals surface area (Å²) in [6, 6.07) is 0.174. The number of rotatable bonds is 2. The summed E-state index contributed by atoms with van der Waals surface area (Å²) in [5, 5.41) is 3.17. The van der Waals surface area contributed by atoms with E-state index in [-0.39, 0.29) is 17.5 Å². The maximum Gasteiger partial charge on any atom is 0.225 e. The predicted octanol–water partition coefficient (Wildman–Crippen LogP) is 1.64.